The summed E-state index contributed by atoms with van der Waals surface area (Å²) in [7, 11) is 0. The third kappa shape index (κ3) is 3.60. The number of allylic oxidation sites excluding steroid dienone is 1. The highest BCUT2D eigenvalue weighted by Gasteiger charge is 2.34. The maximum Gasteiger partial charge on any atom is 0.433 e. The number of para-hydroxylation sites is 1. The largest absolute Gasteiger partial charge is 0.433 e. The molecule has 156 valence electrons. The Morgan fingerprint density at radius 3 is 2.73 bits per heavy atom. The van der Waals surface area contributed by atoms with Gasteiger partial charge in [-0.2, -0.15) is 13.2 Å². The first kappa shape index (κ1) is 20.2. The zero-order chi connectivity index (χ0) is 21.5. The number of nitrogens with zero attached hydrogens (tertiary/aromatic N) is 3. The summed E-state index contributed by atoms with van der Waals surface area (Å²) in [6, 6.07) is 10.2. The number of aryl methyl sites for hydroxylation is 1. The molecule has 4 rings (SSSR count). The van der Waals surface area contributed by atoms with Crippen LogP contribution in [0.3, 0.4) is 0 Å². The number of rotatable bonds is 4. The van der Waals surface area contributed by atoms with Crippen molar-refractivity contribution in [2.75, 3.05) is 13.1 Å². The standard InChI is InChI=1S/C23H22F3N3O/c1-3-11-28-14-19(18-6-4-5-7-20(18)28)16-10-12-29(13-16)22(30)17-8-9-21(23(24,25)26)27-15(17)2/h3-9,14,16H,1,10-13H2,2H3. The number of benzene rings is 1. The van der Waals surface area contributed by atoms with Crippen LogP contribution < -0.4 is 0 Å². The van der Waals surface area contributed by atoms with Gasteiger partial charge in [0.25, 0.3) is 5.91 Å². The number of hydrogen-bond donors (Lipinski definition) is 0. The van der Waals surface area contributed by atoms with E-state index >= 15 is 0 Å². The van der Waals surface area contributed by atoms with Gasteiger partial charge >= 0.3 is 6.18 Å². The van der Waals surface area contributed by atoms with Crippen molar-refractivity contribution in [3.8, 4) is 0 Å². The van der Waals surface area contributed by atoms with Crippen molar-refractivity contribution in [2.24, 2.45) is 0 Å². The van der Waals surface area contributed by atoms with E-state index in [1.807, 2.05) is 18.2 Å². The first-order valence-electron chi connectivity index (χ1n) is 9.82. The molecular formula is C23H22F3N3O. The number of fused-ring (bicyclic) bond motifs is 1. The third-order valence-electron chi connectivity index (χ3n) is 5.67. The lowest BCUT2D eigenvalue weighted by atomic mass is 9.98. The Bertz CT molecular complexity index is 1120. The van der Waals surface area contributed by atoms with Gasteiger partial charge in [0, 0.05) is 42.7 Å². The Balaban J connectivity index is 1.57. The summed E-state index contributed by atoms with van der Waals surface area (Å²) in [6.07, 6.45) is 0.253. The Morgan fingerprint density at radius 2 is 2.03 bits per heavy atom. The summed E-state index contributed by atoms with van der Waals surface area (Å²) in [5, 5.41) is 1.16. The third-order valence-corrected chi connectivity index (χ3v) is 5.67. The Morgan fingerprint density at radius 1 is 1.27 bits per heavy atom. The molecule has 0 N–H and O–H groups in total. The summed E-state index contributed by atoms with van der Waals surface area (Å²) in [6.45, 7) is 7.05. The quantitative estimate of drug-likeness (QED) is 0.553. The number of hydrogen-bond acceptors (Lipinski definition) is 2. The highest BCUT2D eigenvalue weighted by molar-refractivity contribution is 5.95. The molecule has 2 aromatic heterocycles. The molecule has 0 spiro atoms. The van der Waals surface area contributed by atoms with Crippen molar-refractivity contribution in [3.05, 3.63) is 77.8 Å². The smallest absolute Gasteiger partial charge is 0.343 e. The first-order chi connectivity index (χ1) is 14.3. The van der Waals surface area contributed by atoms with Crippen LogP contribution in [0.1, 0.15) is 39.6 Å². The molecule has 1 atom stereocenters. The predicted molar refractivity (Wildman–Crippen MR) is 109 cm³/mol. The molecule has 0 bridgehead atoms. The number of carbonyl (C=O) groups is 1. The summed E-state index contributed by atoms with van der Waals surface area (Å²) < 4.78 is 40.7. The lowest BCUT2D eigenvalue weighted by molar-refractivity contribution is -0.141. The van der Waals surface area contributed by atoms with Crippen LogP contribution in [-0.4, -0.2) is 33.4 Å². The minimum Gasteiger partial charge on any atom is -0.343 e. The highest BCUT2D eigenvalue weighted by Crippen LogP contribution is 2.35. The van der Waals surface area contributed by atoms with Gasteiger partial charge in [-0.25, -0.2) is 4.98 Å². The maximum absolute atomic E-state index is 13.0. The molecule has 1 aromatic carbocycles. The van der Waals surface area contributed by atoms with E-state index in [0.29, 0.717) is 19.6 Å². The van der Waals surface area contributed by atoms with Gasteiger partial charge in [0.15, 0.2) is 0 Å². The average Bonchev–Trinajstić information content (AvgIpc) is 3.32. The Hall–Kier alpha value is -3.09. The van der Waals surface area contributed by atoms with Gasteiger partial charge in [-0.3, -0.25) is 4.79 Å². The van der Waals surface area contributed by atoms with Gasteiger partial charge < -0.3 is 9.47 Å². The number of alkyl halides is 3. The molecule has 30 heavy (non-hydrogen) atoms. The number of amides is 1. The van der Waals surface area contributed by atoms with Gasteiger partial charge in [-0.15, -0.1) is 6.58 Å². The van der Waals surface area contributed by atoms with E-state index in [1.165, 1.54) is 18.6 Å². The summed E-state index contributed by atoms with van der Waals surface area (Å²) in [5.74, 6) is -0.0984. The molecule has 1 aliphatic rings. The second kappa shape index (κ2) is 7.63. The lowest BCUT2D eigenvalue weighted by Crippen LogP contribution is -2.29. The van der Waals surface area contributed by atoms with Crippen LogP contribution in [-0.2, 0) is 12.7 Å². The maximum atomic E-state index is 13.0. The van der Waals surface area contributed by atoms with Crippen molar-refractivity contribution in [2.45, 2.75) is 32.0 Å². The van der Waals surface area contributed by atoms with Crippen molar-refractivity contribution in [1.82, 2.24) is 14.5 Å². The molecular weight excluding hydrogens is 391 g/mol. The van der Waals surface area contributed by atoms with Gasteiger partial charge in [-0.1, -0.05) is 24.3 Å². The van der Waals surface area contributed by atoms with E-state index < -0.39 is 11.9 Å². The monoisotopic (exact) mass is 413 g/mol. The second-order valence-corrected chi connectivity index (χ2v) is 7.61. The summed E-state index contributed by atoms with van der Waals surface area (Å²) >= 11 is 0. The van der Waals surface area contributed by atoms with E-state index in [4.69, 9.17) is 0 Å². The minimum absolute atomic E-state index is 0.0980. The fourth-order valence-electron chi connectivity index (χ4n) is 4.20. The summed E-state index contributed by atoms with van der Waals surface area (Å²) in [4.78, 5) is 18.3. The van der Waals surface area contributed by atoms with Crippen LogP contribution in [0.4, 0.5) is 13.2 Å². The van der Waals surface area contributed by atoms with Crippen LogP contribution in [0.25, 0.3) is 10.9 Å². The molecule has 1 aliphatic heterocycles. The van der Waals surface area contributed by atoms with Crippen LogP contribution in [0.2, 0.25) is 0 Å². The fraction of sp³-hybridized carbons (Fsp3) is 0.304. The molecule has 1 fully saturated rings. The molecule has 3 aromatic rings. The van der Waals surface area contributed by atoms with Gasteiger partial charge in [0.05, 0.1) is 11.3 Å². The van der Waals surface area contributed by atoms with E-state index in [1.54, 1.807) is 4.90 Å². The van der Waals surface area contributed by atoms with E-state index in [2.05, 4.69) is 34.5 Å². The van der Waals surface area contributed by atoms with Crippen LogP contribution in [0, 0.1) is 6.92 Å². The van der Waals surface area contributed by atoms with E-state index in [9.17, 15) is 18.0 Å². The number of carbonyl (C=O) groups excluding carboxylic acids is 1. The van der Waals surface area contributed by atoms with Crippen molar-refractivity contribution >= 4 is 16.8 Å². The fourth-order valence-corrected chi connectivity index (χ4v) is 4.20. The number of aromatic nitrogens is 2. The first-order valence-corrected chi connectivity index (χ1v) is 9.82. The van der Waals surface area contributed by atoms with Crippen LogP contribution >= 0.6 is 0 Å². The van der Waals surface area contributed by atoms with Crippen molar-refractivity contribution in [1.29, 1.82) is 0 Å². The van der Waals surface area contributed by atoms with Gasteiger partial charge in [0.2, 0.25) is 0 Å². The SMILES string of the molecule is C=CCn1cc(C2CCN(C(=O)c3ccc(C(F)(F)F)nc3C)C2)c2ccccc21. The van der Waals surface area contributed by atoms with E-state index in [0.717, 1.165) is 23.4 Å². The molecule has 3 heterocycles. The van der Waals surface area contributed by atoms with Crippen molar-refractivity contribution in [3.63, 3.8) is 0 Å². The molecule has 1 saturated heterocycles. The molecule has 7 heteroatoms. The van der Waals surface area contributed by atoms with Crippen LogP contribution in [0.5, 0.6) is 0 Å². The molecule has 4 nitrogen and oxygen atoms in total. The molecule has 1 amide bonds. The molecule has 1 unspecified atom stereocenters. The zero-order valence-corrected chi connectivity index (χ0v) is 16.6. The number of pyridine rings is 1. The van der Waals surface area contributed by atoms with Gasteiger partial charge in [0.1, 0.15) is 5.69 Å². The average molecular weight is 413 g/mol. The Labute approximate surface area is 172 Å². The van der Waals surface area contributed by atoms with Gasteiger partial charge in [-0.05, 0) is 37.1 Å². The normalized spacial score (nSPS) is 16.9. The highest BCUT2D eigenvalue weighted by atomic mass is 19.4. The van der Waals surface area contributed by atoms with Crippen LogP contribution in [0.15, 0.2) is 55.3 Å². The predicted octanol–water partition coefficient (Wildman–Crippen LogP) is 5.18. The Kier molecular flexibility index (Phi) is 5.13. The molecule has 0 radical (unpaired) electrons. The number of halogens is 3. The van der Waals surface area contributed by atoms with Crippen molar-refractivity contribution < 1.29 is 18.0 Å². The minimum atomic E-state index is -4.52. The molecule has 0 aliphatic carbocycles. The number of likely N-dealkylation sites (tertiary alicyclic amines) is 1. The lowest BCUT2D eigenvalue weighted by Gasteiger charge is -2.18. The molecule has 0 saturated carbocycles. The second-order valence-electron chi connectivity index (χ2n) is 7.61. The summed E-state index contributed by atoms with van der Waals surface area (Å²) in [5.41, 5.74) is 1.65. The van der Waals surface area contributed by atoms with E-state index in [-0.39, 0.29) is 23.1 Å². The topological polar surface area (TPSA) is 38.1 Å². The zero-order valence-electron chi connectivity index (χ0n) is 16.6.